The Hall–Kier alpha value is -0.480. The molecule has 0 aromatic carbocycles. The van der Waals surface area contributed by atoms with Crippen molar-refractivity contribution < 1.29 is 0 Å². The lowest BCUT2D eigenvalue weighted by atomic mass is 10.4. The van der Waals surface area contributed by atoms with Gasteiger partial charge >= 0.3 is 0 Å². The van der Waals surface area contributed by atoms with Crippen molar-refractivity contribution in [1.29, 1.82) is 0 Å². The molecular formula is C7H11BrClN3. The molecule has 0 saturated carbocycles. The van der Waals surface area contributed by atoms with Crippen molar-refractivity contribution in [3.63, 3.8) is 0 Å². The summed E-state index contributed by atoms with van der Waals surface area (Å²) in [6.07, 6.45) is 3.14. The van der Waals surface area contributed by atoms with Gasteiger partial charge in [0.25, 0.3) is 0 Å². The Kier molecular flexibility index (Phi) is 5.84. The molecule has 5 heteroatoms. The number of nitrogen functional groups attached to an aromatic ring is 1. The molecule has 0 saturated heterocycles. The van der Waals surface area contributed by atoms with Crippen LogP contribution in [0.25, 0.3) is 0 Å². The molecule has 68 valence electrons. The van der Waals surface area contributed by atoms with Gasteiger partial charge in [0.2, 0.25) is 0 Å². The standard InChI is InChI=1S/C6H8BrN3.CH3Cl/c1-9-5-2-4(7)3-10-6(5)8;1-2/h2-3,9H,1H3,(H2,8,10);1H3. The van der Waals surface area contributed by atoms with Crippen LogP contribution in [0.1, 0.15) is 0 Å². The van der Waals surface area contributed by atoms with Crippen LogP contribution < -0.4 is 11.1 Å². The molecule has 3 N–H and O–H groups in total. The van der Waals surface area contributed by atoms with E-state index in [0.29, 0.717) is 5.82 Å². The van der Waals surface area contributed by atoms with Crippen molar-refractivity contribution in [2.24, 2.45) is 0 Å². The van der Waals surface area contributed by atoms with Crippen molar-refractivity contribution in [3.05, 3.63) is 16.7 Å². The van der Waals surface area contributed by atoms with Gasteiger partial charge in [-0.3, -0.25) is 0 Å². The minimum atomic E-state index is 0.519. The number of rotatable bonds is 1. The average molecular weight is 253 g/mol. The molecule has 0 fully saturated rings. The quantitative estimate of drug-likeness (QED) is 0.754. The number of pyridine rings is 1. The second-order valence-electron chi connectivity index (χ2n) is 1.84. The Labute approximate surface area is 85.4 Å². The third-order valence-corrected chi connectivity index (χ3v) is 1.59. The highest BCUT2D eigenvalue weighted by molar-refractivity contribution is 9.10. The van der Waals surface area contributed by atoms with Crippen LogP contribution in [0.5, 0.6) is 0 Å². The zero-order valence-corrected chi connectivity index (χ0v) is 9.28. The molecule has 0 aliphatic rings. The van der Waals surface area contributed by atoms with Crippen LogP contribution in [0, 0.1) is 0 Å². The molecule has 1 aromatic heterocycles. The molecule has 0 aliphatic heterocycles. The molecule has 0 aliphatic carbocycles. The number of hydrogen-bond acceptors (Lipinski definition) is 3. The number of halogens is 2. The molecule has 1 heterocycles. The number of alkyl halides is 1. The van der Waals surface area contributed by atoms with Gasteiger partial charge in [-0.2, -0.15) is 0 Å². The van der Waals surface area contributed by atoms with E-state index < -0.39 is 0 Å². The fraction of sp³-hybridized carbons (Fsp3) is 0.286. The number of anilines is 2. The Morgan fingerprint density at radius 3 is 2.58 bits per heavy atom. The molecule has 1 rings (SSSR count). The van der Waals surface area contributed by atoms with Crippen LogP contribution in [0.2, 0.25) is 0 Å². The highest BCUT2D eigenvalue weighted by Crippen LogP contribution is 2.19. The van der Waals surface area contributed by atoms with Gasteiger partial charge in [0.1, 0.15) is 5.82 Å². The summed E-state index contributed by atoms with van der Waals surface area (Å²) in [7, 11) is 1.81. The second kappa shape index (κ2) is 6.08. The smallest absolute Gasteiger partial charge is 0.146 e. The summed E-state index contributed by atoms with van der Waals surface area (Å²) in [6.45, 7) is 0. The normalized spacial score (nSPS) is 8.33. The third kappa shape index (κ3) is 3.28. The van der Waals surface area contributed by atoms with E-state index in [9.17, 15) is 0 Å². The van der Waals surface area contributed by atoms with Gasteiger partial charge in [-0.15, -0.1) is 11.6 Å². The van der Waals surface area contributed by atoms with Crippen LogP contribution >= 0.6 is 27.5 Å². The molecule has 0 unspecified atom stereocenters. The first-order chi connectivity index (χ1) is 5.74. The molecule has 1 aromatic rings. The highest BCUT2D eigenvalue weighted by Gasteiger charge is 1.96. The van der Waals surface area contributed by atoms with Gasteiger partial charge in [-0.05, 0) is 22.0 Å². The molecule has 0 amide bonds. The van der Waals surface area contributed by atoms with Crippen molar-refractivity contribution >= 4 is 39.0 Å². The molecule has 0 radical (unpaired) electrons. The average Bonchev–Trinajstić information content (AvgIpc) is 2.13. The molecule has 3 nitrogen and oxygen atoms in total. The van der Waals surface area contributed by atoms with E-state index in [0.717, 1.165) is 10.2 Å². The van der Waals surface area contributed by atoms with E-state index in [-0.39, 0.29) is 0 Å². The maximum atomic E-state index is 5.51. The van der Waals surface area contributed by atoms with E-state index in [1.165, 1.54) is 6.38 Å². The molecule has 0 spiro atoms. The summed E-state index contributed by atoms with van der Waals surface area (Å²) in [5, 5.41) is 2.92. The molecular weight excluding hydrogens is 241 g/mol. The van der Waals surface area contributed by atoms with Gasteiger partial charge in [-0.25, -0.2) is 4.98 Å². The second-order valence-corrected chi connectivity index (χ2v) is 2.75. The molecule has 12 heavy (non-hydrogen) atoms. The topological polar surface area (TPSA) is 50.9 Å². The van der Waals surface area contributed by atoms with Gasteiger partial charge in [0, 0.05) is 24.1 Å². The Balaban J connectivity index is 0.000000561. The summed E-state index contributed by atoms with van der Waals surface area (Å²) in [4.78, 5) is 3.92. The fourth-order valence-corrected chi connectivity index (χ4v) is 0.981. The highest BCUT2D eigenvalue weighted by atomic mass is 79.9. The van der Waals surface area contributed by atoms with Crippen LogP contribution in [0.3, 0.4) is 0 Å². The van der Waals surface area contributed by atoms with Crippen molar-refractivity contribution in [1.82, 2.24) is 4.98 Å². The van der Waals surface area contributed by atoms with E-state index in [1.807, 2.05) is 6.07 Å². The monoisotopic (exact) mass is 251 g/mol. The summed E-state index contributed by atoms with van der Waals surface area (Å²) in [5.74, 6) is 0.519. The first kappa shape index (κ1) is 11.5. The maximum Gasteiger partial charge on any atom is 0.146 e. The third-order valence-electron chi connectivity index (χ3n) is 1.15. The maximum absolute atomic E-state index is 5.51. The van der Waals surface area contributed by atoms with E-state index in [1.54, 1.807) is 13.2 Å². The lowest BCUT2D eigenvalue weighted by Crippen LogP contribution is -1.97. The van der Waals surface area contributed by atoms with E-state index in [2.05, 4.69) is 37.8 Å². The van der Waals surface area contributed by atoms with Crippen molar-refractivity contribution in [2.75, 3.05) is 24.5 Å². The lowest BCUT2D eigenvalue weighted by molar-refractivity contribution is 1.30. The van der Waals surface area contributed by atoms with Gasteiger partial charge in [0.15, 0.2) is 0 Å². The van der Waals surface area contributed by atoms with Crippen molar-refractivity contribution in [2.45, 2.75) is 0 Å². The fourth-order valence-electron chi connectivity index (χ4n) is 0.650. The number of hydrogen-bond donors (Lipinski definition) is 2. The first-order valence-corrected chi connectivity index (χ1v) is 4.75. The van der Waals surface area contributed by atoms with Crippen molar-refractivity contribution in [3.8, 4) is 0 Å². The number of aromatic nitrogens is 1. The molecule has 0 bridgehead atoms. The first-order valence-electron chi connectivity index (χ1n) is 3.20. The van der Waals surface area contributed by atoms with E-state index in [4.69, 9.17) is 5.73 Å². The summed E-state index contributed by atoms with van der Waals surface area (Å²) < 4.78 is 0.922. The summed E-state index contributed by atoms with van der Waals surface area (Å²) in [6, 6.07) is 1.88. The van der Waals surface area contributed by atoms with Crippen LogP contribution in [-0.4, -0.2) is 18.4 Å². The summed E-state index contributed by atoms with van der Waals surface area (Å²) in [5.41, 5.74) is 6.35. The number of nitrogens with two attached hydrogens (primary N) is 1. The minimum Gasteiger partial charge on any atom is -0.385 e. The zero-order valence-electron chi connectivity index (χ0n) is 6.94. The van der Waals surface area contributed by atoms with Gasteiger partial charge in [-0.1, -0.05) is 0 Å². The predicted octanol–water partition coefficient (Wildman–Crippen LogP) is 2.32. The van der Waals surface area contributed by atoms with Gasteiger partial charge in [0.05, 0.1) is 5.69 Å². The Morgan fingerprint density at radius 2 is 2.17 bits per heavy atom. The Bertz CT molecular complexity index is 242. The van der Waals surface area contributed by atoms with Crippen LogP contribution in [0.15, 0.2) is 16.7 Å². The minimum absolute atomic E-state index is 0.519. The largest absolute Gasteiger partial charge is 0.385 e. The number of nitrogens with zero attached hydrogens (tertiary/aromatic N) is 1. The van der Waals surface area contributed by atoms with Crippen LogP contribution in [0.4, 0.5) is 11.5 Å². The lowest BCUT2D eigenvalue weighted by Gasteiger charge is -2.02. The molecule has 0 atom stereocenters. The predicted molar refractivity (Wildman–Crippen MR) is 57.7 cm³/mol. The van der Waals surface area contributed by atoms with Crippen LogP contribution in [-0.2, 0) is 0 Å². The number of nitrogens with one attached hydrogen (secondary N) is 1. The SMILES string of the molecule is CCl.CNc1cc(Br)cnc1N. The zero-order chi connectivity index (χ0) is 9.56. The summed E-state index contributed by atoms with van der Waals surface area (Å²) >= 11 is 7.92. The van der Waals surface area contributed by atoms with Gasteiger partial charge < -0.3 is 11.1 Å². The van der Waals surface area contributed by atoms with E-state index >= 15 is 0 Å². The Morgan fingerprint density at radius 1 is 1.58 bits per heavy atom.